The number of aromatic nitrogens is 2. The Morgan fingerprint density at radius 3 is 2.59 bits per heavy atom. The van der Waals surface area contributed by atoms with Crippen LogP contribution in [0.3, 0.4) is 0 Å². The van der Waals surface area contributed by atoms with Gasteiger partial charge in [-0.2, -0.15) is 0 Å². The minimum atomic E-state index is 0.513. The quantitative estimate of drug-likeness (QED) is 0.815. The summed E-state index contributed by atoms with van der Waals surface area (Å²) in [6.07, 6.45) is 0. The highest BCUT2D eigenvalue weighted by atomic mass is 35.5. The van der Waals surface area contributed by atoms with Crippen molar-refractivity contribution in [1.29, 1.82) is 0 Å². The SMILES string of the molecule is Cc1cc(Cl)nc(CN2CC(C)NC(C)C2)n1. The van der Waals surface area contributed by atoms with Crippen molar-refractivity contribution in [1.82, 2.24) is 20.2 Å². The maximum atomic E-state index is 5.94. The highest BCUT2D eigenvalue weighted by molar-refractivity contribution is 6.29. The topological polar surface area (TPSA) is 41.1 Å². The van der Waals surface area contributed by atoms with Gasteiger partial charge in [-0.1, -0.05) is 11.6 Å². The monoisotopic (exact) mass is 254 g/mol. The number of rotatable bonds is 2. The summed E-state index contributed by atoms with van der Waals surface area (Å²) in [6.45, 7) is 9.18. The summed E-state index contributed by atoms with van der Waals surface area (Å²) in [4.78, 5) is 11.1. The Labute approximate surface area is 107 Å². The second kappa shape index (κ2) is 5.29. The smallest absolute Gasteiger partial charge is 0.144 e. The zero-order chi connectivity index (χ0) is 12.4. The molecule has 1 fully saturated rings. The van der Waals surface area contributed by atoms with E-state index in [1.807, 2.05) is 6.92 Å². The van der Waals surface area contributed by atoms with Gasteiger partial charge in [0, 0.05) is 30.9 Å². The molecular formula is C12H19ClN4. The van der Waals surface area contributed by atoms with Gasteiger partial charge in [-0.05, 0) is 26.8 Å². The molecule has 94 valence electrons. The van der Waals surface area contributed by atoms with Crippen molar-refractivity contribution < 1.29 is 0 Å². The number of nitrogens with one attached hydrogen (secondary N) is 1. The molecule has 1 saturated heterocycles. The van der Waals surface area contributed by atoms with Crippen LogP contribution in [0.2, 0.25) is 5.15 Å². The largest absolute Gasteiger partial charge is 0.309 e. The molecule has 0 aliphatic carbocycles. The molecule has 2 unspecified atom stereocenters. The van der Waals surface area contributed by atoms with Gasteiger partial charge in [-0.3, -0.25) is 4.90 Å². The number of halogens is 1. The minimum Gasteiger partial charge on any atom is -0.309 e. The summed E-state index contributed by atoms with van der Waals surface area (Å²) in [7, 11) is 0. The Bertz CT molecular complexity index is 366. The Kier molecular flexibility index (Phi) is 3.97. The van der Waals surface area contributed by atoms with E-state index in [4.69, 9.17) is 11.6 Å². The van der Waals surface area contributed by atoms with Crippen molar-refractivity contribution in [2.75, 3.05) is 13.1 Å². The van der Waals surface area contributed by atoms with E-state index in [0.29, 0.717) is 17.2 Å². The first kappa shape index (κ1) is 12.7. The normalized spacial score (nSPS) is 26.1. The molecule has 0 bridgehead atoms. The van der Waals surface area contributed by atoms with E-state index < -0.39 is 0 Å². The predicted octanol–water partition coefficient (Wildman–Crippen LogP) is 1.62. The highest BCUT2D eigenvalue weighted by Gasteiger charge is 2.21. The van der Waals surface area contributed by atoms with Crippen LogP contribution in [0.15, 0.2) is 6.07 Å². The maximum absolute atomic E-state index is 5.94. The molecule has 0 amide bonds. The Morgan fingerprint density at radius 2 is 2.00 bits per heavy atom. The molecule has 2 atom stereocenters. The van der Waals surface area contributed by atoms with Crippen molar-refractivity contribution in [2.24, 2.45) is 0 Å². The standard InChI is InChI=1S/C12H19ClN4/c1-8-4-11(13)16-12(15-8)7-17-5-9(2)14-10(3)6-17/h4,9-10,14H,5-7H2,1-3H3. The molecule has 0 spiro atoms. The van der Waals surface area contributed by atoms with Crippen LogP contribution < -0.4 is 5.32 Å². The Hall–Kier alpha value is -0.710. The number of hydrogen-bond acceptors (Lipinski definition) is 4. The van der Waals surface area contributed by atoms with Crippen LogP contribution in [0.4, 0.5) is 0 Å². The molecule has 0 radical (unpaired) electrons. The van der Waals surface area contributed by atoms with E-state index in [9.17, 15) is 0 Å². The summed E-state index contributed by atoms with van der Waals surface area (Å²) in [5.74, 6) is 0.816. The van der Waals surface area contributed by atoms with Crippen LogP contribution in [0.5, 0.6) is 0 Å². The van der Waals surface area contributed by atoms with Crippen molar-refractivity contribution in [3.63, 3.8) is 0 Å². The first-order valence-electron chi connectivity index (χ1n) is 6.01. The van der Waals surface area contributed by atoms with Gasteiger partial charge in [-0.25, -0.2) is 9.97 Å². The second-order valence-electron chi connectivity index (χ2n) is 4.91. The van der Waals surface area contributed by atoms with Gasteiger partial charge in [0.1, 0.15) is 11.0 Å². The van der Waals surface area contributed by atoms with Crippen LogP contribution >= 0.6 is 11.6 Å². The van der Waals surface area contributed by atoms with Crippen molar-refractivity contribution in [3.05, 3.63) is 22.7 Å². The minimum absolute atomic E-state index is 0.513. The Balaban J connectivity index is 2.04. The van der Waals surface area contributed by atoms with E-state index in [1.165, 1.54) is 0 Å². The molecule has 0 aromatic carbocycles. The number of nitrogens with zero attached hydrogens (tertiary/aromatic N) is 3. The van der Waals surface area contributed by atoms with Gasteiger partial charge in [0.25, 0.3) is 0 Å². The number of piperazine rings is 1. The lowest BCUT2D eigenvalue weighted by atomic mass is 10.1. The molecule has 1 N–H and O–H groups in total. The molecule has 1 aliphatic rings. The van der Waals surface area contributed by atoms with Crippen LogP contribution in [-0.4, -0.2) is 40.0 Å². The molecule has 17 heavy (non-hydrogen) atoms. The van der Waals surface area contributed by atoms with Gasteiger partial charge < -0.3 is 5.32 Å². The third-order valence-corrected chi connectivity index (χ3v) is 3.06. The van der Waals surface area contributed by atoms with Gasteiger partial charge in [-0.15, -0.1) is 0 Å². The molecule has 1 aromatic rings. The summed E-state index contributed by atoms with van der Waals surface area (Å²) in [5.41, 5.74) is 0.927. The summed E-state index contributed by atoms with van der Waals surface area (Å²) >= 11 is 5.94. The molecule has 1 aromatic heterocycles. The fourth-order valence-corrected chi connectivity index (χ4v) is 2.68. The first-order valence-corrected chi connectivity index (χ1v) is 6.39. The lowest BCUT2D eigenvalue weighted by Crippen LogP contribution is -2.53. The van der Waals surface area contributed by atoms with Gasteiger partial charge in [0.15, 0.2) is 0 Å². The van der Waals surface area contributed by atoms with Crippen molar-refractivity contribution in [3.8, 4) is 0 Å². The van der Waals surface area contributed by atoms with Crippen molar-refractivity contribution >= 4 is 11.6 Å². The van der Waals surface area contributed by atoms with Gasteiger partial charge >= 0.3 is 0 Å². The average molecular weight is 255 g/mol. The van der Waals surface area contributed by atoms with E-state index in [-0.39, 0.29) is 0 Å². The fraction of sp³-hybridized carbons (Fsp3) is 0.667. The molecule has 2 heterocycles. The summed E-state index contributed by atoms with van der Waals surface area (Å²) in [5, 5.41) is 4.04. The van der Waals surface area contributed by atoms with E-state index in [0.717, 1.165) is 31.2 Å². The van der Waals surface area contributed by atoms with E-state index >= 15 is 0 Å². The summed E-state index contributed by atoms with van der Waals surface area (Å²) in [6, 6.07) is 2.81. The van der Waals surface area contributed by atoms with Crippen molar-refractivity contribution in [2.45, 2.75) is 39.4 Å². The zero-order valence-corrected chi connectivity index (χ0v) is 11.3. The highest BCUT2D eigenvalue weighted by Crippen LogP contribution is 2.11. The molecule has 5 heteroatoms. The molecule has 2 rings (SSSR count). The number of aryl methyl sites for hydroxylation is 1. The van der Waals surface area contributed by atoms with E-state index in [1.54, 1.807) is 6.07 Å². The summed E-state index contributed by atoms with van der Waals surface area (Å²) < 4.78 is 0. The molecule has 0 saturated carbocycles. The predicted molar refractivity (Wildman–Crippen MR) is 69.1 cm³/mol. The van der Waals surface area contributed by atoms with Crippen LogP contribution in [0.1, 0.15) is 25.4 Å². The molecule has 4 nitrogen and oxygen atoms in total. The first-order chi connectivity index (χ1) is 8.02. The van der Waals surface area contributed by atoms with Crippen LogP contribution in [0, 0.1) is 6.92 Å². The van der Waals surface area contributed by atoms with Crippen LogP contribution in [-0.2, 0) is 6.54 Å². The molecule has 1 aliphatic heterocycles. The zero-order valence-electron chi connectivity index (χ0n) is 10.6. The number of hydrogen-bond donors (Lipinski definition) is 1. The average Bonchev–Trinajstić information content (AvgIpc) is 2.13. The Morgan fingerprint density at radius 1 is 1.35 bits per heavy atom. The molecular weight excluding hydrogens is 236 g/mol. The third-order valence-electron chi connectivity index (χ3n) is 2.87. The fourth-order valence-electron chi connectivity index (χ4n) is 2.43. The lowest BCUT2D eigenvalue weighted by Gasteiger charge is -2.35. The lowest BCUT2D eigenvalue weighted by molar-refractivity contribution is 0.163. The second-order valence-corrected chi connectivity index (χ2v) is 5.30. The van der Waals surface area contributed by atoms with Crippen LogP contribution in [0.25, 0.3) is 0 Å². The maximum Gasteiger partial charge on any atom is 0.144 e. The van der Waals surface area contributed by atoms with E-state index in [2.05, 4.69) is 34.0 Å². The van der Waals surface area contributed by atoms with Gasteiger partial charge in [0.05, 0.1) is 6.54 Å². The van der Waals surface area contributed by atoms with Gasteiger partial charge in [0.2, 0.25) is 0 Å². The third kappa shape index (κ3) is 3.63.